The van der Waals surface area contributed by atoms with E-state index in [1.165, 1.54) is 31.5 Å². The number of halogens is 3. The van der Waals surface area contributed by atoms with Crippen LogP contribution >= 0.6 is 0 Å². The molecule has 8 nitrogen and oxygen atoms in total. The summed E-state index contributed by atoms with van der Waals surface area (Å²) in [6.45, 7) is 1.78. The SMILES string of the molecule is CNCC1CCC(CNc2cc(NCc3ccccc3OC(F)(F)F)ncc2[N+](=O)OC)CC1. The predicted molar refractivity (Wildman–Crippen MR) is 123 cm³/mol. The highest BCUT2D eigenvalue weighted by Crippen LogP contribution is 2.32. The Hall–Kier alpha value is -3.08. The van der Waals surface area contributed by atoms with Gasteiger partial charge in [0.1, 0.15) is 23.5 Å². The zero-order valence-corrected chi connectivity index (χ0v) is 19.3. The van der Waals surface area contributed by atoms with E-state index in [0.29, 0.717) is 40.4 Å². The number of hydrogen-bond acceptors (Lipinski definition) is 7. The van der Waals surface area contributed by atoms with Gasteiger partial charge < -0.3 is 20.7 Å². The monoisotopic (exact) mass is 482 g/mol. The second kappa shape index (κ2) is 11.9. The maximum Gasteiger partial charge on any atom is 0.573 e. The third-order valence-electron chi connectivity index (χ3n) is 5.94. The fourth-order valence-electron chi connectivity index (χ4n) is 4.17. The Morgan fingerprint density at radius 1 is 1.09 bits per heavy atom. The molecule has 0 bridgehead atoms. The van der Waals surface area contributed by atoms with Crippen molar-refractivity contribution in [1.29, 1.82) is 0 Å². The summed E-state index contributed by atoms with van der Waals surface area (Å²) in [7, 11) is 3.24. The average Bonchev–Trinajstić information content (AvgIpc) is 2.82. The third-order valence-corrected chi connectivity index (χ3v) is 5.94. The van der Waals surface area contributed by atoms with Crippen LogP contribution in [-0.4, -0.2) is 43.5 Å². The lowest BCUT2D eigenvalue weighted by atomic mass is 9.82. The largest absolute Gasteiger partial charge is 0.573 e. The molecule has 186 valence electrons. The van der Waals surface area contributed by atoms with Crippen molar-refractivity contribution in [2.45, 2.75) is 38.6 Å². The van der Waals surface area contributed by atoms with Crippen LogP contribution in [0.1, 0.15) is 31.2 Å². The summed E-state index contributed by atoms with van der Waals surface area (Å²) >= 11 is 0. The van der Waals surface area contributed by atoms with Crippen LogP contribution in [0.15, 0.2) is 36.5 Å². The molecule has 3 N–H and O–H groups in total. The fraction of sp³-hybridized carbons (Fsp3) is 0.522. The van der Waals surface area contributed by atoms with Gasteiger partial charge in [-0.25, -0.2) is 9.82 Å². The maximum absolute atomic E-state index is 12.7. The lowest BCUT2D eigenvalue weighted by molar-refractivity contribution is -0.736. The quantitative estimate of drug-likeness (QED) is 0.389. The number of alkyl halides is 3. The Bertz CT molecular complexity index is 950. The van der Waals surface area contributed by atoms with Crippen molar-refractivity contribution < 1.29 is 27.7 Å². The standard InChI is InChI=1S/C23H31F3N5O3/c1-27-12-16-7-9-17(10-8-16)13-28-19-11-22(30-15-20(19)31(32)33-2)29-14-18-5-3-4-6-21(18)34-23(24,25)26/h3-6,11,15-17,27H,7-10,12-14H2,1-2H3,(H2,28,29,30)/q+1. The van der Waals surface area contributed by atoms with Crippen LogP contribution in [0.5, 0.6) is 5.75 Å². The van der Waals surface area contributed by atoms with E-state index in [-0.39, 0.29) is 18.0 Å². The summed E-state index contributed by atoms with van der Waals surface area (Å²) < 4.78 is 42.1. The third kappa shape index (κ3) is 7.47. The Kier molecular flexibility index (Phi) is 8.91. The van der Waals surface area contributed by atoms with Crippen LogP contribution in [0.4, 0.5) is 30.4 Å². The molecule has 0 amide bonds. The van der Waals surface area contributed by atoms with Gasteiger partial charge in [-0.05, 0) is 57.2 Å². The molecule has 1 saturated carbocycles. The molecule has 3 rings (SSSR count). The fourth-order valence-corrected chi connectivity index (χ4v) is 4.17. The number of para-hydroxylation sites is 1. The first-order chi connectivity index (χ1) is 16.3. The smallest absolute Gasteiger partial charge is 0.405 e. The van der Waals surface area contributed by atoms with E-state index in [2.05, 4.69) is 25.7 Å². The zero-order valence-electron chi connectivity index (χ0n) is 19.3. The van der Waals surface area contributed by atoms with Crippen molar-refractivity contribution in [3.63, 3.8) is 0 Å². The van der Waals surface area contributed by atoms with Gasteiger partial charge in [0.25, 0.3) is 4.92 Å². The van der Waals surface area contributed by atoms with Gasteiger partial charge in [-0.2, -0.15) is 0 Å². The van der Waals surface area contributed by atoms with E-state index >= 15 is 0 Å². The summed E-state index contributed by atoms with van der Waals surface area (Å²) in [5.41, 5.74) is 1.07. The molecule has 34 heavy (non-hydrogen) atoms. The summed E-state index contributed by atoms with van der Waals surface area (Å²) in [5.74, 6) is 1.30. The molecular weight excluding hydrogens is 451 g/mol. The lowest BCUT2D eigenvalue weighted by Crippen LogP contribution is -2.26. The number of nitrogens with one attached hydrogen (secondary N) is 3. The van der Waals surface area contributed by atoms with Gasteiger partial charge in [-0.15, -0.1) is 13.2 Å². The molecule has 0 unspecified atom stereocenters. The number of rotatable bonds is 11. The van der Waals surface area contributed by atoms with Crippen LogP contribution in [0.2, 0.25) is 0 Å². The van der Waals surface area contributed by atoms with Gasteiger partial charge in [-0.1, -0.05) is 18.2 Å². The molecule has 0 radical (unpaired) electrons. The molecule has 2 aromatic rings. The Balaban J connectivity index is 1.67. The number of benzene rings is 1. The van der Waals surface area contributed by atoms with Crippen molar-refractivity contribution in [2.24, 2.45) is 11.8 Å². The maximum atomic E-state index is 12.7. The van der Waals surface area contributed by atoms with Gasteiger partial charge in [0.15, 0.2) is 7.11 Å². The van der Waals surface area contributed by atoms with Gasteiger partial charge in [0.2, 0.25) is 0 Å². The van der Waals surface area contributed by atoms with Crippen LogP contribution in [0.25, 0.3) is 0 Å². The van der Waals surface area contributed by atoms with Crippen molar-refractivity contribution in [2.75, 3.05) is 37.9 Å². The zero-order chi connectivity index (χ0) is 24.6. The highest BCUT2D eigenvalue weighted by atomic mass is 19.4. The van der Waals surface area contributed by atoms with Crippen LogP contribution in [0, 0.1) is 16.7 Å². The molecule has 1 fully saturated rings. The van der Waals surface area contributed by atoms with Crippen LogP contribution < -0.4 is 20.7 Å². The minimum atomic E-state index is -4.78. The van der Waals surface area contributed by atoms with E-state index in [0.717, 1.165) is 32.2 Å². The van der Waals surface area contributed by atoms with Crippen LogP contribution in [-0.2, 0) is 11.4 Å². The molecule has 0 spiro atoms. The first kappa shape index (κ1) is 25.5. The molecular formula is C23H31F3N5O3+. The highest BCUT2D eigenvalue weighted by molar-refractivity contribution is 5.65. The van der Waals surface area contributed by atoms with Crippen molar-refractivity contribution >= 4 is 17.2 Å². The second-order valence-electron chi connectivity index (χ2n) is 8.36. The van der Waals surface area contributed by atoms with Gasteiger partial charge in [0, 0.05) is 24.7 Å². The second-order valence-corrected chi connectivity index (χ2v) is 8.36. The molecule has 1 aliphatic rings. The molecule has 0 aliphatic heterocycles. The molecule has 11 heteroatoms. The summed E-state index contributed by atoms with van der Waals surface area (Å²) in [6.07, 6.45) is 1.11. The first-order valence-corrected chi connectivity index (χ1v) is 11.3. The number of hydrogen-bond donors (Lipinski definition) is 3. The van der Waals surface area contributed by atoms with Crippen LogP contribution in [0.3, 0.4) is 0 Å². The number of pyridine rings is 1. The van der Waals surface area contributed by atoms with Crippen molar-refractivity contribution in [3.05, 3.63) is 47.0 Å². The summed E-state index contributed by atoms with van der Waals surface area (Å²) in [4.78, 5) is 21.5. The minimum absolute atomic E-state index is 0.0544. The molecule has 0 atom stereocenters. The number of nitrogens with zero attached hydrogens (tertiary/aromatic N) is 2. The average molecular weight is 483 g/mol. The molecule has 1 heterocycles. The molecule has 0 saturated heterocycles. The number of ether oxygens (including phenoxy) is 1. The van der Waals surface area contributed by atoms with Gasteiger partial charge in [0.05, 0.1) is 4.91 Å². The minimum Gasteiger partial charge on any atom is -0.405 e. The Morgan fingerprint density at radius 3 is 2.41 bits per heavy atom. The molecule has 1 aliphatic carbocycles. The summed E-state index contributed by atoms with van der Waals surface area (Å²) in [5, 5.41) is 9.57. The number of anilines is 2. The van der Waals surface area contributed by atoms with Crippen molar-refractivity contribution in [1.82, 2.24) is 10.3 Å². The Labute approximate surface area is 196 Å². The molecule has 1 aromatic heterocycles. The topological polar surface area (TPSA) is 87.5 Å². The van der Waals surface area contributed by atoms with Crippen molar-refractivity contribution in [3.8, 4) is 5.75 Å². The normalized spacial score (nSPS) is 18.3. The summed E-state index contributed by atoms with van der Waals surface area (Å²) in [6, 6.07) is 7.55. The lowest BCUT2D eigenvalue weighted by Gasteiger charge is -2.28. The first-order valence-electron chi connectivity index (χ1n) is 11.3. The van der Waals surface area contributed by atoms with E-state index in [1.807, 2.05) is 7.05 Å². The van der Waals surface area contributed by atoms with Gasteiger partial charge in [-0.3, -0.25) is 0 Å². The van der Waals surface area contributed by atoms with Gasteiger partial charge >= 0.3 is 12.0 Å². The highest BCUT2D eigenvalue weighted by Gasteiger charge is 2.32. The van der Waals surface area contributed by atoms with E-state index in [4.69, 9.17) is 4.84 Å². The Morgan fingerprint density at radius 2 is 1.76 bits per heavy atom. The predicted octanol–water partition coefficient (Wildman–Crippen LogP) is 5.00. The van der Waals surface area contributed by atoms with E-state index in [9.17, 15) is 18.1 Å². The van der Waals surface area contributed by atoms with E-state index < -0.39 is 6.36 Å². The molecule has 1 aromatic carbocycles. The van der Waals surface area contributed by atoms with E-state index in [1.54, 1.807) is 12.1 Å². The number of aromatic nitrogens is 1.